The predicted molar refractivity (Wildman–Crippen MR) is 14.0 cm³/mol. The van der Waals surface area contributed by atoms with Gasteiger partial charge in [0.25, 0.3) is 0 Å². The average Bonchev–Trinajstić information content (AvgIpc) is 1.27. The van der Waals surface area contributed by atoms with Crippen molar-refractivity contribution in [3.8, 4) is 0 Å². The van der Waals surface area contributed by atoms with Crippen molar-refractivity contribution < 1.29 is 30.6 Å². The van der Waals surface area contributed by atoms with E-state index in [-0.39, 0.29) is 0 Å². The quantitative estimate of drug-likeness (QED) is 0.388. The van der Waals surface area contributed by atoms with E-state index in [1.54, 1.807) is 0 Å². The fourth-order valence-corrected chi connectivity index (χ4v) is 0.827. The van der Waals surface area contributed by atoms with Crippen LogP contribution < -0.4 is 0 Å². The molecule has 0 heterocycles. The topological polar surface area (TPSA) is 86.3 Å². The number of rotatable bonds is 2. The van der Waals surface area contributed by atoms with E-state index >= 15 is 0 Å². The number of nitro groups is 2. The van der Waals surface area contributed by atoms with Gasteiger partial charge in [0.15, 0.2) is 0 Å². The van der Waals surface area contributed by atoms with Gasteiger partial charge in [0.2, 0.25) is 0 Å². The van der Waals surface area contributed by atoms with Crippen molar-refractivity contribution in [2.75, 3.05) is 0 Å². The van der Waals surface area contributed by atoms with Crippen LogP contribution in [0.3, 0.4) is 0 Å². The summed E-state index contributed by atoms with van der Waals surface area (Å²) in [6, 6.07) is 0. The van der Waals surface area contributed by atoms with Gasteiger partial charge >= 0.3 is 50.8 Å². The molecule has 36 valence electrons. The molecule has 0 aliphatic rings. The minimum atomic E-state index is -2.92. The van der Waals surface area contributed by atoms with Gasteiger partial charge < -0.3 is 0 Å². The Morgan fingerprint density at radius 3 is 1.43 bits per heavy atom. The van der Waals surface area contributed by atoms with Crippen molar-refractivity contribution >= 4 is 0 Å². The Labute approximate surface area is 51.1 Å². The molecule has 0 aromatic carbocycles. The van der Waals surface area contributed by atoms with Crippen molar-refractivity contribution in [3.05, 3.63) is 20.2 Å². The molecule has 0 saturated heterocycles. The normalized spacial score (nSPS) is 6.86. The molecule has 0 rings (SSSR count). The summed E-state index contributed by atoms with van der Waals surface area (Å²) in [6.07, 6.45) is 0. The fourth-order valence-electron chi connectivity index (χ4n) is 0.0943. The van der Waals surface area contributed by atoms with Crippen molar-refractivity contribution in [2.24, 2.45) is 0 Å². The summed E-state index contributed by atoms with van der Waals surface area (Å²) in [5.74, 6) is 0. The van der Waals surface area contributed by atoms with E-state index < -0.39 is 30.6 Å². The summed E-state index contributed by atoms with van der Waals surface area (Å²) < 4.78 is -1.56. The molecule has 0 N–H and O–H groups in total. The van der Waals surface area contributed by atoms with Crippen molar-refractivity contribution in [3.63, 3.8) is 0 Å². The van der Waals surface area contributed by atoms with Crippen molar-refractivity contribution in [1.29, 1.82) is 0 Å². The number of hydrogen-bond donors (Lipinski definition) is 0. The van der Waals surface area contributed by atoms with Gasteiger partial charge in [0, 0.05) is 0 Å². The molecule has 7 heavy (non-hydrogen) atoms. The molecule has 0 radical (unpaired) electrons. The molecule has 0 saturated carbocycles. The molecule has 0 aromatic rings. The summed E-state index contributed by atoms with van der Waals surface area (Å²) in [5, 5.41) is 18.5. The fraction of sp³-hybridized carbons (Fsp3) is 0. The molecule has 0 aromatic heterocycles. The van der Waals surface area contributed by atoms with Crippen LogP contribution in [0.1, 0.15) is 0 Å². The third kappa shape index (κ3) is 5.74. The average molecular weight is 293 g/mol. The van der Waals surface area contributed by atoms with E-state index in [0.717, 1.165) is 0 Å². The third-order valence-corrected chi connectivity index (χ3v) is 2.03. The van der Waals surface area contributed by atoms with E-state index in [0.29, 0.717) is 0 Å². The molecule has 0 aliphatic heterocycles. The van der Waals surface area contributed by atoms with Gasteiger partial charge in [-0.3, -0.25) is 0 Å². The maximum absolute atomic E-state index is 9.27. The van der Waals surface area contributed by atoms with Crippen LogP contribution in [0, 0.1) is 20.2 Å². The Kier molecular flexibility index (Phi) is 2.73. The molecular weight excluding hydrogens is 293 g/mol. The molecule has 6 nitrogen and oxygen atoms in total. The van der Waals surface area contributed by atoms with Crippen LogP contribution in [0.25, 0.3) is 0 Å². The third-order valence-electron chi connectivity index (χ3n) is 0.231. The zero-order valence-electron chi connectivity index (χ0n) is 3.23. The first-order valence-electron chi connectivity index (χ1n) is 1.36. The Morgan fingerprint density at radius 1 is 1.14 bits per heavy atom. The SMILES string of the molecule is O=[N+]([O-])[Hg][N+](=O)[O-]. The maximum atomic E-state index is 9.27. The van der Waals surface area contributed by atoms with E-state index in [1.165, 1.54) is 0 Å². The van der Waals surface area contributed by atoms with Gasteiger partial charge in [-0.25, -0.2) is 0 Å². The molecule has 0 spiro atoms. The summed E-state index contributed by atoms with van der Waals surface area (Å²) in [5.41, 5.74) is 0. The molecule has 0 aliphatic carbocycles. The number of nitrogens with zero attached hydrogens (tertiary/aromatic N) is 2. The first-order chi connectivity index (χ1) is 3.13. The second kappa shape index (κ2) is 2.83. The summed E-state index contributed by atoms with van der Waals surface area (Å²) in [6.45, 7) is 0. The van der Waals surface area contributed by atoms with Crippen LogP contribution in [0.2, 0.25) is 0 Å². The Balaban J connectivity index is 3.32. The molecule has 7 heteroatoms. The van der Waals surface area contributed by atoms with Gasteiger partial charge in [-0.1, -0.05) is 0 Å². The summed E-state index contributed by atoms with van der Waals surface area (Å²) in [4.78, 5) is 18.5. The van der Waals surface area contributed by atoms with E-state index in [4.69, 9.17) is 0 Å². The van der Waals surface area contributed by atoms with Gasteiger partial charge in [-0.15, -0.1) is 0 Å². The summed E-state index contributed by atoms with van der Waals surface area (Å²) in [7, 11) is 0. The van der Waals surface area contributed by atoms with Gasteiger partial charge in [0.05, 0.1) is 0 Å². The van der Waals surface area contributed by atoms with Crippen LogP contribution in [0.4, 0.5) is 0 Å². The Bertz CT molecular complexity index is 85.9. The monoisotopic (exact) mass is 294 g/mol. The second-order valence-corrected chi connectivity index (χ2v) is 5.92. The molecule has 0 amide bonds. The molecule has 0 fully saturated rings. The van der Waals surface area contributed by atoms with Crippen molar-refractivity contribution in [2.45, 2.75) is 0 Å². The van der Waals surface area contributed by atoms with E-state index in [1.807, 2.05) is 0 Å². The van der Waals surface area contributed by atoms with Gasteiger partial charge in [-0.05, 0) is 0 Å². The van der Waals surface area contributed by atoms with Crippen LogP contribution in [0.5, 0.6) is 0 Å². The first-order valence-corrected chi connectivity index (χ1v) is 6.28. The second-order valence-electron chi connectivity index (χ2n) is 0.807. The minimum absolute atomic E-state index is 0.778. The van der Waals surface area contributed by atoms with Crippen LogP contribution >= 0.6 is 0 Å². The first kappa shape index (κ1) is 6.74. The molecule has 0 bridgehead atoms. The Morgan fingerprint density at radius 2 is 1.43 bits per heavy atom. The Hall–Kier alpha value is -0.265. The van der Waals surface area contributed by atoms with E-state index in [2.05, 4.69) is 0 Å². The number of hydrogen-bond acceptors (Lipinski definition) is 4. The predicted octanol–water partition coefficient (Wildman–Crippen LogP) is -0.548. The molecular formula is HgN2O4. The van der Waals surface area contributed by atoms with Crippen LogP contribution in [0.15, 0.2) is 0 Å². The van der Waals surface area contributed by atoms with E-state index in [9.17, 15) is 20.2 Å². The zero-order chi connectivity index (χ0) is 5.86. The van der Waals surface area contributed by atoms with Crippen molar-refractivity contribution in [1.82, 2.24) is 0 Å². The van der Waals surface area contributed by atoms with Crippen LogP contribution in [-0.4, -0.2) is 5.37 Å². The van der Waals surface area contributed by atoms with Gasteiger partial charge in [0.1, 0.15) is 0 Å². The van der Waals surface area contributed by atoms with Gasteiger partial charge in [-0.2, -0.15) is 0 Å². The summed E-state index contributed by atoms with van der Waals surface area (Å²) >= 11 is -2.92. The van der Waals surface area contributed by atoms with Crippen LogP contribution in [-0.2, 0) is 25.2 Å². The molecule has 0 unspecified atom stereocenters. The standard InChI is InChI=1S/Hg.2NO2/c;2*2-1-3. The molecule has 0 atom stereocenters. The zero-order valence-corrected chi connectivity index (χ0v) is 8.73.